The van der Waals surface area contributed by atoms with Gasteiger partial charge in [0.25, 0.3) is 0 Å². The average Bonchev–Trinajstić information content (AvgIpc) is 3.59. The van der Waals surface area contributed by atoms with Crippen molar-refractivity contribution in [3.63, 3.8) is 0 Å². The van der Waals surface area contributed by atoms with E-state index < -0.39 is 11.7 Å². The zero-order valence-electron chi connectivity index (χ0n) is 29.7. The van der Waals surface area contributed by atoms with Crippen molar-refractivity contribution >= 4 is 10.9 Å². The van der Waals surface area contributed by atoms with Crippen molar-refractivity contribution in [1.82, 2.24) is 4.57 Å². The lowest BCUT2D eigenvalue weighted by molar-refractivity contribution is -0.137. The van der Waals surface area contributed by atoms with Gasteiger partial charge in [0.2, 0.25) is 0 Å². The highest BCUT2D eigenvalue weighted by atomic mass is 19.4. The summed E-state index contributed by atoms with van der Waals surface area (Å²) in [5.41, 5.74) is 13.6. The lowest BCUT2D eigenvalue weighted by atomic mass is 9.94. The maximum Gasteiger partial charge on any atom is 0.416 e. The highest BCUT2D eigenvalue weighted by Gasteiger charge is 2.30. The number of benzene rings is 8. The van der Waals surface area contributed by atoms with Crippen LogP contribution >= 0.6 is 0 Å². The van der Waals surface area contributed by atoms with E-state index in [1.54, 1.807) is 6.07 Å². The van der Waals surface area contributed by atoms with Gasteiger partial charge < -0.3 is 4.57 Å². The molecule has 0 aliphatic carbocycles. The Morgan fingerprint density at radius 1 is 0.327 bits per heavy atom. The molecule has 9 aromatic rings. The molecule has 0 bridgehead atoms. The fourth-order valence-electron chi connectivity index (χ4n) is 7.52. The molecule has 0 spiro atoms. The number of fused-ring (bicyclic) bond motifs is 1. The van der Waals surface area contributed by atoms with E-state index >= 15 is 0 Å². The molecule has 0 saturated carbocycles. The van der Waals surface area contributed by atoms with E-state index in [2.05, 4.69) is 144 Å². The van der Waals surface area contributed by atoms with Crippen LogP contribution in [0.4, 0.5) is 13.2 Å². The van der Waals surface area contributed by atoms with Gasteiger partial charge in [0.15, 0.2) is 0 Å². The Hall–Kier alpha value is -6.91. The van der Waals surface area contributed by atoms with Crippen LogP contribution in [0, 0.1) is 0 Å². The molecule has 1 nitrogen and oxygen atoms in total. The second-order valence-corrected chi connectivity index (χ2v) is 13.7. The molecule has 0 atom stereocenters. The van der Waals surface area contributed by atoms with Crippen LogP contribution in [0.5, 0.6) is 0 Å². The Bertz CT molecular complexity index is 2730. The molecule has 0 saturated heterocycles. The summed E-state index contributed by atoms with van der Waals surface area (Å²) in [5.74, 6) is 0. The SMILES string of the molecule is FC(F)(F)c1cccc(-c2ccc(-n3c(-c4ccccc4)c(-c4ccc(-c5ccccc5)cc4)c4cc(-c5ccc(-c6ccccc6)cc5)ccc43)cc2)c1. The van der Waals surface area contributed by atoms with Gasteiger partial charge in [-0.25, -0.2) is 0 Å². The van der Waals surface area contributed by atoms with Gasteiger partial charge in [-0.2, -0.15) is 13.2 Å². The Kier molecular flexibility index (Phi) is 8.72. The third-order valence-corrected chi connectivity index (χ3v) is 10.3. The number of rotatable bonds is 7. The highest BCUT2D eigenvalue weighted by Crippen LogP contribution is 2.45. The fourth-order valence-corrected chi connectivity index (χ4v) is 7.52. The molecule has 0 aliphatic heterocycles. The van der Waals surface area contributed by atoms with Crippen LogP contribution in [0.2, 0.25) is 0 Å². The van der Waals surface area contributed by atoms with E-state index in [0.717, 1.165) is 72.9 Å². The van der Waals surface area contributed by atoms with Crippen molar-refractivity contribution in [3.8, 4) is 72.6 Å². The number of aromatic nitrogens is 1. The van der Waals surface area contributed by atoms with Crippen LogP contribution in [0.25, 0.3) is 83.5 Å². The van der Waals surface area contributed by atoms with E-state index in [-0.39, 0.29) is 0 Å². The zero-order chi connectivity index (χ0) is 37.4. The largest absolute Gasteiger partial charge is 0.416 e. The van der Waals surface area contributed by atoms with E-state index in [4.69, 9.17) is 0 Å². The Morgan fingerprint density at radius 2 is 0.727 bits per heavy atom. The molecule has 9 rings (SSSR count). The third-order valence-electron chi connectivity index (χ3n) is 10.3. The summed E-state index contributed by atoms with van der Waals surface area (Å²) in [6.45, 7) is 0. The number of hydrogen-bond acceptors (Lipinski definition) is 0. The molecule has 0 N–H and O–H groups in total. The van der Waals surface area contributed by atoms with Gasteiger partial charge in [-0.05, 0) is 92.0 Å². The summed E-state index contributed by atoms with van der Waals surface area (Å²) in [4.78, 5) is 0. The lowest BCUT2D eigenvalue weighted by Crippen LogP contribution is -2.04. The molecule has 264 valence electrons. The van der Waals surface area contributed by atoms with Crippen LogP contribution in [0.15, 0.2) is 206 Å². The summed E-state index contributed by atoms with van der Waals surface area (Å²) < 4.78 is 43.1. The summed E-state index contributed by atoms with van der Waals surface area (Å²) in [7, 11) is 0. The number of nitrogens with zero attached hydrogens (tertiary/aromatic N) is 1. The van der Waals surface area contributed by atoms with Crippen LogP contribution in [0.3, 0.4) is 0 Å². The van der Waals surface area contributed by atoms with Gasteiger partial charge in [-0.3, -0.25) is 0 Å². The minimum atomic E-state index is -4.41. The van der Waals surface area contributed by atoms with Gasteiger partial charge in [-0.1, -0.05) is 170 Å². The molecule has 0 radical (unpaired) electrons. The summed E-state index contributed by atoms with van der Waals surface area (Å²) in [6.07, 6.45) is -4.41. The van der Waals surface area contributed by atoms with E-state index in [9.17, 15) is 13.2 Å². The molecule has 1 aromatic heterocycles. The zero-order valence-corrected chi connectivity index (χ0v) is 29.7. The first-order valence-corrected chi connectivity index (χ1v) is 18.2. The van der Waals surface area contributed by atoms with Crippen LogP contribution in [-0.4, -0.2) is 4.57 Å². The molecule has 1 heterocycles. The number of alkyl halides is 3. The highest BCUT2D eigenvalue weighted by molar-refractivity contribution is 6.07. The molecular weight excluding hydrogens is 684 g/mol. The summed E-state index contributed by atoms with van der Waals surface area (Å²) >= 11 is 0. The van der Waals surface area contributed by atoms with Gasteiger partial charge in [0.1, 0.15) is 0 Å². The van der Waals surface area contributed by atoms with Crippen molar-refractivity contribution in [2.45, 2.75) is 6.18 Å². The lowest BCUT2D eigenvalue weighted by Gasteiger charge is -2.15. The molecular formula is C51H34F3N. The van der Waals surface area contributed by atoms with E-state index in [0.29, 0.717) is 11.1 Å². The van der Waals surface area contributed by atoms with E-state index in [1.165, 1.54) is 17.7 Å². The summed E-state index contributed by atoms with van der Waals surface area (Å²) in [6, 6.07) is 68.5. The maximum absolute atomic E-state index is 13.6. The van der Waals surface area contributed by atoms with Crippen molar-refractivity contribution in [1.29, 1.82) is 0 Å². The van der Waals surface area contributed by atoms with Crippen molar-refractivity contribution in [2.24, 2.45) is 0 Å². The van der Waals surface area contributed by atoms with Gasteiger partial charge in [-0.15, -0.1) is 0 Å². The molecule has 8 aromatic carbocycles. The number of hydrogen-bond donors (Lipinski definition) is 0. The van der Waals surface area contributed by atoms with E-state index in [1.807, 2.05) is 42.5 Å². The van der Waals surface area contributed by atoms with Gasteiger partial charge in [0.05, 0.1) is 16.8 Å². The van der Waals surface area contributed by atoms with Crippen molar-refractivity contribution in [2.75, 3.05) is 0 Å². The smallest absolute Gasteiger partial charge is 0.309 e. The Labute approximate surface area is 318 Å². The number of halogens is 3. The van der Waals surface area contributed by atoms with Crippen LogP contribution in [0.1, 0.15) is 5.56 Å². The standard InChI is InChI=1S/C51H34F3N/c52-51(53,54)45-18-10-17-43(33-45)40-27-30-46(31-28-40)55-48-32-29-44(39-21-19-37(20-22-39)35-11-4-1-5-12-35)34-47(48)49(50(55)42-15-8-3-9-16-42)41-25-23-38(24-26-41)36-13-6-2-7-14-36/h1-34H. The molecule has 55 heavy (non-hydrogen) atoms. The predicted molar refractivity (Wildman–Crippen MR) is 221 cm³/mol. The molecule has 4 heteroatoms. The first-order valence-electron chi connectivity index (χ1n) is 18.2. The average molecular weight is 718 g/mol. The minimum Gasteiger partial charge on any atom is -0.309 e. The van der Waals surface area contributed by atoms with Gasteiger partial charge >= 0.3 is 6.18 Å². The second kappa shape index (κ2) is 14.1. The van der Waals surface area contributed by atoms with Crippen molar-refractivity contribution < 1.29 is 13.2 Å². The topological polar surface area (TPSA) is 4.93 Å². The van der Waals surface area contributed by atoms with Crippen LogP contribution in [-0.2, 0) is 6.18 Å². The predicted octanol–water partition coefficient (Wildman–Crippen LogP) is 14.7. The Morgan fingerprint density at radius 3 is 1.25 bits per heavy atom. The first kappa shape index (κ1) is 33.9. The summed E-state index contributed by atoms with van der Waals surface area (Å²) in [5, 5.41) is 1.10. The first-order chi connectivity index (χ1) is 26.9. The second-order valence-electron chi connectivity index (χ2n) is 13.7. The molecule has 0 amide bonds. The van der Waals surface area contributed by atoms with Gasteiger partial charge in [0, 0.05) is 16.6 Å². The Balaban J connectivity index is 1.24. The molecule has 0 aliphatic rings. The normalized spacial score (nSPS) is 11.5. The molecule has 0 unspecified atom stereocenters. The minimum absolute atomic E-state index is 0.518. The monoisotopic (exact) mass is 717 g/mol. The van der Waals surface area contributed by atoms with Crippen LogP contribution < -0.4 is 0 Å². The van der Waals surface area contributed by atoms with Crippen molar-refractivity contribution in [3.05, 3.63) is 212 Å². The maximum atomic E-state index is 13.6. The molecule has 0 fully saturated rings. The quantitative estimate of drug-likeness (QED) is 0.155. The fraction of sp³-hybridized carbons (Fsp3) is 0.0196. The third kappa shape index (κ3) is 6.64.